The Morgan fingerprint density at radius 3 is 2.08 bits per heavy atom. The number of para-hydroxylation sites is 2. The van der Waals surface area contributed by atoms with Crippen LogP contribution >= 0.6 is 0 Å². The fourth-order valence-electron chi connectivity index (χ4n) is 7.22. The fourth-order valence-corrected chi connectivity index (χ4v) is 7.22. The molecule has 230 valence electrons. The van der Waals surface area contributed by atoms with Gasteiger partial charge in [0.15, 0.2) is 0 Å². The van der Waals surface area contributed by atoms with Crippen molar-refractivity contribution in [3.05, 3.63) is 170 Å². The minimum Gasteiger partial charge on any atom is -0.456 e. The maximum Gasteiger partial charge on any atom is 0.227 e. The second-order valence-corrected chi connectivity index (χ2v) is 12.4. The fraction of sp³-hybridized carbons (Fsp3) is 0. The van der Waals surface area contributed by atoms with Crippen molar-refractivity contribution in [1.29, 1.82) is 0 Å². The van der Waals surface area contributed by atoms with Gasteiger partial charge in [-0.1, -0.05) is 97.1 Å². The Kier molecular flexibility index (Phi) is 6.15. The topological polar surface area (TPSA) is 42.4 Å². The van der Waals surface area contributed by atoms with E-state index in [0.717, 1.165) is 83.0 Å². The average molecular weight is 629 g/mol. The normalized spacial score (nSPS) is 11.7. The van der Waals surface area contributed by atoms with E-state index in [1.807, 2.05) is 24.3 Å². The van der Waals surface area contributed by atoms with Crippen molar-refractivity contribution in [1.82, 2.24) is 4.98 Å². The minimum absolute atomic E-state index is 0.663. The molecule has 0 radical (unpaired) electrons. The van der Waals surface area contributed by atoms with E-state index < -0.39 is 0 Å². The van der Waals surface area contributed by atoms with E-state index in [-0.39, 0.29) is 0 Å². The van der Waals surface area contributed by atoms with Crippen LogP contribution in [0.15, 0.2) is 179 Å². The first-order valence-electron chi connectivity index (χ1n) is 16.4. The van der Waals surface area contributed by atoms with Crippen LogP contribution in [-0.2, 0) is 0 Å². The maximum atomic E-state index is 6.36. The number of anilines is 3. The first kappa shape index (κ1) is 27.5. The zero-order chi connectivity index (χ0) is 32.3. The van der Waals surface area contributed by atoms with Crippen molar-refractivity contribution in [2.45, 2.75) is 0 Å². The second-order valence-electron chi connectivity index (χ2n) is 12.4. The van der Waals surface area contributed by atoms with Crippen molar-refractivity contribution in [3.8, 4) is 22.3 Å². The van der Waals surface area contributed by atoms with Crippen molar-refractivity contribution < 1.29 is 8.83 Å². The third-order valence-corrected chi connectivity index (χ3v) is 9.54. The quantitative estimate of drug-likeness (QED) is 0.190. The molecule has 7 aromatic carbocycles. The highest BCUT2D eigenvalue weighted by Gasteiger charge is 2.19. The van der Waals surface area contributed by atoms with Crippen molar-refractivity contribution >= 4 is 71.8 Å². The molecule has 10 rings (SSSR count). The molecule has 0 saturated carbocycles. The van der Waals surface area contributed by atoms with Crippen LogP contribution < -0.4 is 4.90 Å². The van der Waals surface area contributed by atoms with Crippen LogP contribution in [0, 0.1) is 0 Å². The van der Waals surface area contributed by atoms with E-state index in [9.17, 15) is 0 Å². The lowest BCUT2D eigenvalue weighted by molar-refractivity contribution is 0.654. The van der Waals surface area contributed by atoms with E-state index >= 15 is 0 Å². The molecule has 10 aromatic rings. The highest BCUT2D eigenvalue weighted by Crippen LogP contribution is 2.43. The Hall–Kier alpha value is -6.65. The monoisotopic (exact) mass is 628 g/mol. The Labute approximate surface area is 282 Å². The Morgan fingerprint density at radius 2 is 1.16 bits per heavy atom. The molecule has 3 aromatic heterocycles. The number of furan rings is 2. The third-order valence-electron chi connectivity index (χ3n) is 9.54. The number of benzene rings is 7. The minimum atomic E-state index is 0.663. The van der Waals surface area contributed by atoms with Gasteiger partial charge in [-0.25, -0.2) is 4.98 Å². The molecule has 4 heteroatoms. The van der Waals surface area contributed by atoms with Gasteiger partial charge in [-0.2, -0.15) is 0 Å². The number of fused-ring (bicyclic) bond motifs is 8. The van der Waals surface area contributed by atoms with Gasteiger partial charge in [0, 0.05) is 50.7 Å². The van der Waals surface area contributed by atoms with Gasteiger partial charge in [-0.3, -0.25) is 0 Å². The molecule has 0 atom stereocenters. The maximum absolute atomic E-state index is 6.36. The molecule has 0 aliphatic heterocycles. The van der Waals surface area contributed by atoms with Gasteiger partial charge in [0.25, 0.3) is 0 Å². The molecule has 49 heavy (non-hydrogen) atoms. The van der Waals surface area contributed by atoms with Gasteiger partial charge in [0.2, 0.25) is 5.71 Å². The summed E-state index contributed by atoms with van der Waals surface area (Å²) >= 11 is 0. The molecule has 0 spiro atoms. The summed E-state index contributed by atoms with van der Waals surface area (Å²) in [5.41, 5.74) is 11.0. The van der Waals surface area contributed by atoms with Crippen molar-refractivity contribution in [2.24, 2.45) is 0 Å². The summed E-state index contributed by atoms with van der Waals surface area (Å²) in [6, 6.07) is 57.6. The zero-order valence-electron chi connectivity index (χ0n) is 26.4. The van der Waals surface area contributed by atoms with Gasteiger partial charge in [-0.05, 0) is 88.1 Å². The van der Waals surface area contributed by atoms with Crippen molar-refractivity contribution in [2.75, 3.05) is 4.90 Å². The van der Waals surface area contributed by atoms with Crippen molar-refractivity contribution in [3.63, 3.8) is 0 Å². The molecule has 0 fully saturated rings. The molecule has 0 aliphatic carbocycles. The molecule has 0 N–H and O–H groups in total. The molecular formula is C45H28N2O2. The Bertz CT molecular complexity index is 2830. The van der Waals surface area contributed by atoms with Gasteiger partial charge >= 0.3 is 0 Å². The smallest absolute Gasteiger partial charge is 0.227 e. The van der Waals surface area contributed by atoms with Crippen LogP contribution in [0.3, 0.4) is 0 Å². The predicted octanol–water partition coefficient (Wildman–Crippen LogP) is 12.8. The summed E-state index contributed by atoms with van der Waals surface area (Å²) in [7, 11) is 0. The van der Waals surface area contributed by atoms with Crippen LogP contribution in [0.4, 0.5) is 17.1 Å². The molecule has 4 nitrogen and oxygen atoms in total. The number of pyridine rings is 1. The van der Waals surface area contributed by atoms with Crippen LogP contribution in [0.5, 0.6) is 0 Å². The number of nitrogens with zero attached hydrogens (tertiary/aromatic N) is 2. The number of hydrogen-bond acceptors (Lipinski definition) is 4. The lowest BCUT2D eigenvalue weighted by Gasteiger charge is -2.28. The number of rotatable bonds is 5. The largest absolute Gasteiger partial charge is 0.456 e. The first-order chi connectivity index (χ1) is 24.3. The summed E-state index contributed by atoms with van der Waals surface area (Å²) in [5.74, 6) is 0. The second kappa shape index (κ2) is 11.0. The Balaban J connectivity index is 1.12. The molecular weight excluding hydrogens is 601 g/mol. The van der Waals surface area contributed by atoms with E-state index in [0.29, 0.717) is 5.71 Å². The standard InChI is InChI=1S/C45H28N2O2/c1-2-9-30(10-3-1)35-11-4-6-14-40(35)47(34-23-24-37-36-12-5-7-15-41(36)48-43(37)28-34)33-21-18-29(19-22-33)32-17-16-31-20-25-42-44(39(31)27-32)38-13-8-26-46-45(38)49-42/h1-28H. The summed E-state index contributed by atoms with van der Waals surface area (Å²) in [5, 5.41) is 6.69. The van der Waals surface area contributed by atoms with Crippen LogP contribution in [0.25, 0.3) is 77.0 Å². The van der Waals surface area contributed by atoms with Gasteiger partial charge in [0.05, 0.1) is 5.69 Å². The summed E-state index contributed by atoms with van der Waals surface area (Å²) < 4.78 is 12.5. The van der Waals surface area contributed by atoms with Gasteiger partial charge < -0.3 is 13.7 Å². The lowest BCUT2D eigenvalue weighted by Crippen LogP contribution is -2.11. The lowest BCUT2D eigenvalue weighted by atomic mass is 9.98. The van der Waals surface area contributed by atoms with E-state index in [1.165, 1.54) is 5.39 Å². The number of aromatic nitrogens is 1. The highest BCUT2D eigenvalue weighted by molar-refractivity contribution is 6.18. The van der Waals surface area contributed by atoms with Crippen LogP contribution in [0.2, 0.25) is 0 Å². The summed E-state index contributed by atoms with van der Waals surface area (Å²) in [6.45, 7) is 0. The predicted molar refractivity (Wildman–Crippen MR) is 202 cm³/mol. The number of hydrogen-bond donors (Lipinski definition) is 0. The summed E-state index contributed by atoms with van der Waals surface area (Å²) in [6.07, 6.45) is 1.77. The molecule has 0 bridgehead atoms. The van der Waals surface area contributed by atoms with E-state index in [1.54, 1.807) is 6.20 Å². The summed E-state index contributed by atoms with van der Waals surface area (Å²) in [4.78, 5) is 6.78. The first-order valence-corrected chi connectivity index (χ1v) is 16.4. The highest BCUT2D eigenvalue weighted by atomic mass is 16.3. The SMILES string of the molecule is c1ccc(-c2ccccc2N(c2ccc(-c3ccc4ccc5oc6ncccc6c5c4c3)cc2)c2ccc3c(c2)oc2ccccc23)cc1. The molecule has 0 unspecified atom stereocenters. The van der Waals surface area contributed by atoms with Crippen LogP contribution in [0.1, 0.15) is 0 Å². The van der Waals surface area contributed by atoms with Crippen LogP contribution in [-0.4, -0.2) is 4.98 Å². The van der Waals surface area contributed by atoms with E-state index in [4.69, 9.17) is 8.83 Å². The molecule has 0 saturated heterocycles. The molecule has 3 heterocycles. The molecule has 0 aliphatic rings. The van der Waals surface area contributed by atoms with Gasteiger partial charge in [-0.15, -0.1) is 0 Å². The van der Waals surface area contributed by atoms with E-state index in [2.05, 4.69) is 149 Å². The van der Waals surface area contributed by atoms with Gasteiger partial charge in [0.1, 0.15) is 16.7 Å². The zero-order valence-corrected chi connectivity index (χ0v) is 26.4. The third kappa shape index (κ3) is 4.49. The molecule has 0 amide bonds. The average Bonchev–Trinajstić information content (AvgIpc) is 3.74. The Morgan fingerprint density at radius 1 is 0.429 bits per heavy atom.